The van der Waals surface area contributed by atoms with Crippen molar-refractivity contribution in [1.29, 1.82) is 0 Å². The SMILES string of the molecule is COc1ccc(NC(=O)Nc2cc(NC(=O)c3ccccc3)ccc2N2CCCCC2)cc1OC. The highest BCUT2D eigenvalue weighted by Gasteiger charge is 2.18. The van der Waals surface area contributed by atoms with E-state index in [2.05, 4.69) is 20.9 Å². The minimum Gasteiger partial charge on any atom is -0.493 e. The molecule has 0 aromatic heterocycles. The van der Waals surface area contributed by atoms with Crippen molar-refractivity contribution in [1.82, 2.24) is 0 Å². The normalized spacial score (nSPS) is 13.0. The van der Waals surface area contributed by atoms with Crippen LogP contribution in [0.25, 0.3) is 0 Å². The summed E-state index contributed by atoms with van der Waals surface area (Å²) in [6, 6.07) is 19.4. The van der Waals surface area contributed by atoms with E-state index in [9.17, 15) is 9.59 Å². The molecule has 8 nitrogen and oxygen atoms in total. The molecule has 0 radical (unpaired) electrons. The van der Waals surface area contributed by atoms with Gasteiger partial charge < -0.3 is 30.3 Å². The van der Waals surface area contributed by atoms with Crippen molar-refractivity contribution in [2.24, 2.45) is 0 Å². The monoisotopic (exact) mass is 474 g/mol. The number of carbonyl (C=O) groups excluding carboxylic acids is 2. The number of ether oxygens (including phenoxy) is 2. The van der Waals surface area contributed by atoms with E-state index in [1.807, 2.05) is 30.3 Å². The Morgan fingerprint density at radius 2 is 1.43 bits per heavy atom. The highest BCUT2D eigenvalue weighted by atomic mass is 16.5. The summed E-state index contributed by atoms with van der Waals surface area (Å²) in [7, 11) is 3.10. The van der Waals surface area contributed by atoms with Crippen LogP contribution in [0.1, 0.15) is 29.6 Å². The Morgan fingerprint density at radius 1 is 0.743 bits per heavy atom. The highest BCUT2D eigenvalue weighted by Crippen LogP contribution is 2.33. The van der Waals surface area contributed by atoms with Crippen molar-refractivity contribution in [3.05, 3.63) is 72.3 Å². The first-order valence-electron chi connectivity index (χ1n) is 11.6. The number of rotatable bonds is 7. The van der Waals surface area contributed by atoms with Crippen LogP contribution >= 0.6 is 0 Å². The van der Waals surface area contributed by atoms with Crippen molar-refractivity contribution in [2.75, 3.05) is 48.2 Å². The summed E-state index contributed by atoms with van der Waals surface area (Å²) in [6.45, 7) is 1.84. The molecule has 35 heavy (non-hydrogen) atoms. The van der Waals surface area contributed by atoms with E-state index in [1.165, 1.54) is 6.42 Å². The molecule has 8 heteroatoms. The lowest BCUT2D eigenvalue weighted by Crippen LogP contribution is -2.31. The molecule has 1 fully saturated rings. The van der Waals surface area contributed by atoms with Crippen LogP contribution in [0.4, 0.5) is 27.5 Å². The van der Waals surface area contributed by atoms with Crippen LogP contribution in [0.5, 0.6) is 11.5 Å². The van der Waals surface area contributed by atoms with Crippen molar-refractivity contribution in [2.45, 2.75) is 19.3 Å². The first-order chi connectivity index (χ1) is 17.1. The average molecular weight is 475 g/mol. The molecular formula is C27H30N4O4. The standard InChI is InChI=1S/C27H30N4O4/c1-34-24-14-12-21(18-25(24)35-2)29-27(33)30-22-17-20(28-26(32)19-9-5-3-6-10-19)11-13-23(22)31-15-7-4-8-16-31/h3,5-6,9-14,17-18H,4,7-8,15-16H2,1-2H3,(H,28,32)(H2,29,30,33). The Bertz CT molecular complexity index is 1180. The topological polar surface area (TPSA) is 91.9 Å². The van der Waals surface area contributed by atoms with E-state index in [4.69, 9.17) is 9.47 Å². The second kappa shape index (κ2) is 11.3. The summed E-state index contributed by atoms with van der Waals surface area (Å²) in [5.41, 5.74) is 3.27. The molecule has 0 bridgehead atoms. The zero-order valence-electron chi connectivity index (χ0n) is 20.0. The largest absolute Gasteiger partial charge is 0.493 e. The van der Waals surface area contributed by atoms with Gasteiger partial charge in [-0.1, -0.05) is 18.2 Å². The van der Waals surface area contributed by atoms with Crippen molar-refractivity contribution < 1.29 is 19.1 Å². The van der Waals surface area contributed by atoms with Gasteiger partial charge in [0.2, 0.25) is 0 Å². The summed E-state index contributed by atoms with van der Waals surface area (Å²) in [5.74, 6) is 0.884. The van der Waals surface area contributed by atoms with Crippen LogP contribution in [-0.2, 0) is 0 Å². The van der Waals surface area contributed by atoms with Crippen molar-refractivity contribution >= 4 is 34.7 Å². The predicted octanol–water partition coefficient (Wildman–Crippen LogP) is 5.59. The predicted molar refractivity (Wildman–Crippen MR) is 139 cm³/mol. The van der Waals surface area contributed by atoms with Crippen molar-refractivity contribution in [3.63, 3.8) is 0 Å². The number of benzene rings is 3. The molecule has 1 saturated heterocycles. The maximum Gasteiger partial charge on any atom is 0.323 e. The zero-order chi connectivity index (χ0) is 24.6. The molecule has 1 aliphatic rings. The number of carbonyl (C=O) groups is 2. The molecule has 0 unspecified atom stereocenters. The summed E-state index contributed by atoms with van der Waals surface area (Å²) in [6.07, 6.45) is 3.40. The molecule has 0 atom stereocenters. The van der Waals surface area contributed by atoms with Crippen LogP contribution in [0.15, 0.2) is 66.7 Å². The molecular weight excluding hydrogens is 444 g/mol. The van der Waals surface area contributed by atoms with Crippen LogP contribution in [0, 0.1) is 0 Å². The van der Waals surface area contributed by atoms with E-state index in [0.29, 0.717) is 34.1 Å². The van der Waals surface area contributed by atoms with Gasteiger partial charge in [-0.25, -0.2) is 4.79 Å². The third-order valence-corrected chi connectivity index (χ3v) is 5.88. The molecule has 1 aliphatic heterocycles. The number of hydrogen-bond acceptors (Lipinski definition) is 5. The van der Waals surface area contributed by atoms with Gasteiger partial charge in [0.25, 0.3) is 5.91 Å². The smallest absolute Gasteiger partial charge is 0.323 e. The third-order valence-electron chi connectivity index (χ3n) is 5.88. The lowest BCUT2D eigenvalue weighted by atomic mass is 10.1. The third kappa shape index (κ3) is 6.03. The maximum atomic E-state index is 12.9. The molecule has 0 aliphatic carbocycles. The molecule has 182 valence electrons. The Hall–Kier alpha value is -4.20. The van der Waals surface area contributed by atoms with Crippen molar-refractivity contribution in [3.8, 4) is 11.5 Å². The Kier molecular flexibility index (Phi) is 7.72. The van der Waals surface area contributed by atoms with Gasteiger partial charge in [-0.05, 0) is 61.7 Å². The van der Waals surface area contributed by atoms with Gasteiger partial charge in [-0.15, -0.1) is 0 Å². The van der Waals surface area contributed by atoms with Gasteiger partial charge in [0.1, 0.15) is 0 Å². The molecule has 3 amide bonds. The fraction of sp³-hybridized carbons (Fsp3) is 0.259. The number of anilines is 4. The summed E-state index contributed by atoms with van der Waals surface area (Å²) in [5, 5.41) is 8.72. The van der Waals surface area contributed by atoms with Gasteiger partial charge >= 0.3 is 6.03 Å². The minimum absolute atomic E-state index is 0.211. The number of piperidine rings is 1. The van der Waals surface area contributed by atoms with Gasteiger partial charge in [-0.3, -0.25) is 4.79 Å². The molecule has 4 rings (SSSR count). The number of nitrogens with one attached hydrogen (secondary N) is 3. The number of urea groups is 1. The fourth-order valence-corrected chi connectivity index (χ4v) is 4.12. The van der Waals surface area contributed by atoms with Crippen LogP contribution in [-0.4, -0.2) is 39.2 Å². The lowest BCUT2D eigenvalue weighted by molar-refractivity contribution is 0.102. The zero-order valence-corrected chi connectivity index (χ0v) is 20.0. The first-order valence-corrected chi connectivity index (χ1v) is 11.6. The van der Waals surface area contributed by atoms with E-state index in [1.54, 1.807) is 50.6 Å². The van der Waals surface area contributed by atoms with E-state index < -0.39 is 6.03 Å². The number of nitrogens with zero attached hydrogens (tertiary/aromatic N) is 1. The maximum absolute atomic E-state index is 12.9. The first kappa shape index (κ1) is 23.9. The summed E-state index contributed by atoms with van der Waals surface area (Å²) in [4.78, 5) is 27.8. The molecule has 3 N–H and O–H groups in total. The summed E-state index contributed by atoms with van der Waals surface area (Å²) >= 11 is 0. The Labute approximate surface area is 205 Å². The second-order valence-electron chi connectivity index (χ2n) is 8.25. The van der Waals surface area contributed by atoms with Crippen LogP contribution < -0.4 is 30.3 Å². The number of amides is 3. The van der Waals surface area contributed by atoms with Gasteiger partial charge in [0, 0.05) is 36.1 Å². The van der Waals surface area contributed by atoms with Crippen LogP contribution in [0.3, 0.4) is 0 Å². The van der Waals surface area contributed by atoms with Crippen LogP contribution in [0.2, 0.25) is 0 Å². The summed E-state index contributed by atoms with van der Waals surface area (Å²) < 4.78 is 10.6. The highest BCUT2D eigenvalue weighted by molar-refractivity contribution is 6.06. The van der Waals surface area contributed by atoms with E-state index in [-0.39, 0.29) is 5.91 Å². The molecule has 3 aromatic carbocycles. The molecule has 3 aromatic rings. The van der Waals surface area contributed by atoms with E-state index in [0.717, 1.165) is 31.6 Å². The second-order valence-corrected chi connectivity index (χ2v) is 8.25. The van der Waals surface area contributed by atoms with Gasteiger partial charge in [-0.2, -0.15) is 0 Å². The van der Waals surface area contributed by atoms with Gasteiger partial charge in [0.15, 0.2) is 11.5 Å². The van der Waals surface area contributed by atoms with E-state index >= 15 is 0 Å². The number of hydrogen-bond donors (Lipinski definition) is 3. The molecule has 0 spiro atoms. The number of methoxy groups -OCH3 is 2. The van der Waals surface area contributed by atoms with Gasteiger partial charge in [0.05, 0.1) is 25.6 Å². The Morgan fingerprint density at radius 3 is 2.14 bits per heavy atom. The molecule has 1 heterocycles. The minimum atomic E-state index is -0.401. The fourth-order valence-electron chi connectivity index (χ4n) is 4.12. The quantitative estimate of drug-likeness (QED) is 0.415. The molecule has 0 saturated carbocycles. The Balaban J connectivity index is 1.55. The average Bonchev–Trinajstić information content (AvgIpc) is 2.89. The lowest BCUT2D eigenvalue weighted by Gasteiger charge is -2.31.